The highest BCUT2D eigenvalue weighted by Gasteiger charge is 2.42. The largest absolute Gasteiger partial charge is 0.382 e. The number of aliphatic imine (C=N–C) groups is 1. The summed E-state index contributed by atoms with van der Waals surface area (Å²) >= 11 is 0. The molecule has 2 fully saturated rings. The Morgan fingerprint density at radius 1 is 1.46 bits per heavy atom. The van der Waals surface area contributed by atoms with Crippen LogP contribution in [0, 0.1) is 5.41 Å². The molecule has 1 aliphatic heterocycles. The molecule has 2 heterocycles. The van der Waals surface area contributed by atoms with Gasteiger partial charge in [0.15, 0.2) is 5.96 Å². The Morgan fingerprint density at radius 2 is 2.31 bits per heavy atom. The Labute approximate surface area is 156 Å². The fourth-order valence-electron chi connectivity index (χ4n) is 3.42. The minimum absolute atomic E-state index is 0.0501. The maximum atomic E-state index is 5.96. The molecule has 7 nitrogen and oxygen atoms in total. The number of hydrogen-bond acceptors (Lipinski definition) is 4. The summed E-state index contributed by atoms with van der Waals surface area (Å²) in [7, 11) is 1.94. The summed E-state index contributed by atoms with van der Waals surface area (Å²) in [6, 6.07) is 0. The molecule has 1 saturated heterocycles. The molecule has 7 heteroatoms. The second-order valence-electron chi connectivity index (χ2n) is 7.37. The molecule has 0 radical (unpaired) electrons. The summed E-state index contributed by atoms with van der Waals surface area (Å²) < 4.78 is 13.3. The number of guanidine groups is 1. The van der Waals surface area contributed by atoms with Crippen LogP contribution in [0.3, 0.4) is 0 Å². The number of ether oxygens (including phenoxy) is 2. The van der Waals surface area contributed by atoms with Crippen LogP contribution in [-0.2, 0) is 16.5 Å². The number of aromatic nitrogens is 2. The fraction of sp³-hybridized carbons (Fsp3) is 0.789. The monoisotopic (exact) mass is 363 g/mol. The lowest BCUT2D eigenvalue weighted by Crippen LogP contribution is -2.48. The van der Waals surface area contributed by atoms with E-state index < -0.39 is 0 Å². The second kappa shape index (κ2) is 8.86. The van der Waals surface area contributed by atoms with Crippen LogP contribution in [0.15, 0.2) is 17.4 Å². The van der Waals surface area contributed by atoms with Crippen molar-refractivity contribution >= 4 is 5.96 Å². The molecular weight excluding hydrogens is 330 g/mol. The number of nitrogens with zero attached hydrogens (tertiary/aromatic N) is 4. The van der Waals surface area contributed by atoms with E-state index in [1.807, 2.05) is 24.1 Å². The molecule has 1 aromatic heterocycles. The first-order valence-electron chi connectivity index (χ1n) is 9.87. The van der Waals surface area contributed by atoms with Crippen molar-refractivity contribution in [2.75, 3.05) is 46.0 Å². The third-order valence-electron chi connectivity index (χ3n) is 5.30. The Hall–Kier alpha value is -1.60. The number of aryl methyl sites for hydroxylation is 1. The van der Waals surface area contributed by atoms with Crippen LogP contribution in [0.5, 0.6) is 0 Å². The van der Waals surface area contributed by atoms with Gasteiger partial charge in [-0.25, -0.2) is 0 Å². The average molecular weight is 364 g/mol. The predicted octanol–water partition coefficient (Wildman–Crippen LogP) is 1.97. The molecule has 0 aromatic carbocycles. The molecule has 1 unspecified atom stereocenters. The molecule has 0 amide bonds. The van der Waals surface area contributed by atoms with E-state index in [0.717, 1.165) is 57.3 Å². The van der Waals surface area contributed by atoms with Gasteiger partial charge < -0.3 is 19.7 Å². The minimum atomic E-state index is 0.0501. The highest BCUT2D eigenvalue weighted by molar-refractivity contribution is 5.80. The van der Waals surface area contributed by atoms with E-state index >= 15 is 0 Å². The van der Waals surface area contributed by atoms with Gasteiger partial charge in [-0.1, -0.05) is 0 Å². The van der Waals surface area contributed by atoms with E-state index in [4.69, 9.17) is 14.5 Å². The quantitative estimate of drug-likeness (QED) is 0.435. The van der Waals surface area contributed by atoms with E-state index in [1.54, 1.807) is 0 Å². The van der Waals surface area contributed by atoms with Crippen molar-refractivity contribution in [1.29, 1.82) is 0 Å². The lowest BCUT2D eigenvalue weighted by molar-refractivity contribution is -0.00808. The molecule has 2 aliphatic rings. The van der Waals surface area contributed by atoms with Gasteiger partial charge in [-0.2, -0.15) is 5.10 Å². The average Bonchev–Trinajstić information content (AvgIpc) is 3.29. The molecule has 146 valence electrons. The number of nitrogens with one attached hydrogen (secondary N) is 1. The van der Waals surface area contributed by atoms with Crippen molar-refractivity contribution in [3.63, 3.8) is 0 Å². The molecule has 26 heavy (non-hydrogen) atoms. The third-order valence-corrected chi connectivity index (χ3v) is 5.30. The molecule has 3 rings (SSSR count). The summed E-state index contributed by atoms with van der Waals surface area (Å²) in [6.07, 6.45) is 7.63. The molecule has 1 saturated carbocycles. The van der Waals surface area contributed by atoms with Crippen LogP contribution in [0.25, 0.3) is 0 Å². The van der Waals surface area contributed by atoms with Gasteiger partial charge in [-0.3, -0.25) is 9.67 Å². The highest BCUT2D eigenvalue weighted by Crippen LogP contribution is 2.49. The van der Waals surface area contributed by atoms with Crippen molar-refractivity contribution in [2.24, 2.45) is 17.5 Å². The van der Waals surface area contributed by atoms with Gasteiger partial charge in [0.05, 0.1) is 19.3 Å². The van der Waals surface area contributed by atoms with E-state index in [2.05, 4.69) is 29.2 Å². The van der Waals surface area contributed by atoms with Crippen molar-refractivity contribution in [2.45, 2.75) is 39.2 Å². The molecular formula is C19H33N5O2. The molecule has 1 aromatic rings. The zero-order valence-corrected chi connectivity index (χ0v) is 16.4. The van der Waals surface area contributed by atoms with Gasteiger partial charge in [0.25, 0.3) is 0 Å². The summed E-state index contributed by atoms with van der Waals surface area (Å²) in [5, 5.41) is 7.74. The van der Waals surface area contributed by atoms with Crippen molar-refractivity contribution < 1.29 is 9.47 Å². The summed E-state index contributed by atoms with van der Waals surface area (Å²) in [6.45, 7) is 9.97. The first-order chi connectivity index (χ1) is 12.7. The highest BCUT2D eigenvalue weighted by atomic mass is 16.5. The smallest absolute Gasteiger partial charge is 0.194 e. The van der Waals surface area contributed by atoms with Crippen LogP contribution in [-0.4, -0.2) is 66.6 Å². The summed E-state index contributed by atoms with van der Waals surface area (Å²) in [4.78, 5) is 7.31. The zero-order chi connectivity index (χ0) is 18.4. The van der Waals surface area contributed by atoms with Crippen LogP contribution < -0.4 is 5.32 Å². The Balaban J connectivity index is 1.61. The Kier molecular flexibility index (Phi) is 6.53. The lowest BCUT2D eigenvalue weighted by atomic mass is 10.0. The van der Waals surface area contributed by atoms with Gasteiger partial charge in [-0.05, 0) is 38.5 Å². The SMILES string of the molecule is CCNC(=NCC1(CCOCC)CC1)N1CCOC(c2cnn(C)c2)C1. The normalized spacial score (nSPS) is 22.5. The maximum absolute atomic E-state index is 5.96. The van der Waals surface area contributed by atoms with Crippen LogP contribution >= 0.6 is 0 Å². The van der Waals surface area contributed by atoms with E-state index in [9.17, 15) is 0 Å². The Morgan fingerprint density at radius 3 is 2.96 bits per heavy atom. The second-order valence-corrected chi connectivity index (χ2v) is 7.37. The van der Waals surface area contributed by atoms with Gasteiger partial charge in [0.1, 0.15) is 6.10 Å². The van der Waals surface area contributed by atoms with Crippen molar-refractivity contribution in [1.82, 2.24) is 20.0 Å². The van der Waals surface area contributed by atoms with E-state index in [0.29, 0.717) is 12.0 Å². The first-order valence-corrected chi connectivity index (χ1v) is 9.87. The van der Waals surface area contributed by atoms with Gasteiger partial charge in [0.2, 0.25) is 0 Å². The van der Waals surface area contributed by atoms with E-state index in [-0.39, 0.29) is 6.10 Å². The molecule has 0 spiro atoms. The van der Waals surface area contributed by atoms with Crippen molar-refractivity contribution in [3.05, 3.63) is 18.0 Å². The molecule has 1 aliphatic carbocycles. The van der Waals surface area contributed by atoms with Gasteiger partial charge in [-0.15, -0.1) is 0 Å². The number of morpholine rings is 1. The van der Waals surface area contributed by atoms with Crippen LogP contribution in [0.4, 0.5) is 0 Å². The molecule has 0 bridgehead atoms. The van der Waals surface area contributed by atoms with Crippen LogP contribution in [0.2, 0.25) is 0 Å². The van der Waals surface area contributed by atoms with Crippen molar-refractivity contribution in [3.8, 4) is 0 Å². The molecule has 1 atom stereocenters. The number of rotatable bonds is 8. The molecule has 1 N–H and O–H groups in total. The van der Waals surface area contributed by atoms with E-state index in [1.165, 1.54) is 12.8 Å². The zero-order valence-electron chi connectivity index (χ0n) is 16.4. The third kappa shape index (κ3) is 4.98. The number of hydrogen-bond donors (Lipinski definition) is 1. The minimum Gasteiger partial charge on any atom is -0.382 e. The standard InChI is InChI=1S/C19H33N5O2/c1-4-20-18(21-15-19(6-7-19)8-10-25-5-2)24-9-11-26-17(14-24)16-12-22-23(3)13-16/h12-13,17H,4-11,14-15H2,1-3H3,(H,20,21). The summed E-state index contributed by atoms with van der Waals surface area (Å²) in [5.74, 6) is 1.01. The topological polar surface area (TPSA) is 63.9 Å². The first kappa shape index (κ1) is 19.2. The summed E-state index contributed by atoms with van der Waals surface area (Å²) in [5.41, 5.74) is 1.49. The fourth-order valence-corrected chi connectivity index (χ4v) is 3.42. The Bertz CT molecular complexity index is 597. The van der Waals surface area contributed by atoms with Crippen LogP contribution in [0.1, 0.15) is 44.8 Å². The van der Waals surface area contributed by atoms with Gasteiger partial charge >= 0.3 is 0 Å². The predicted molar refractivity (Wildman–Crippen MR) is 102 cm³/mol. The lowest BCUT2D eigenvalue weighted by Gasteiger charge is -2.35. The van der Waals surface area contributed by atoms with Gasteiger partial charge in [0, 0.05) is 51.7 Å². The maximum Gasteiger partial charge on any atom is 0.194 e.